The maximum Gasteiger partial charge on any atom is 0.180 e. The Morgan fingerprint density at radius 1 is 1.25 bits per heavy atom. The minimum absolute atomic E-state index is 0.598. The van der Waals surface area contributed by atoms with Crippen LogP contribution in [0, 0.1) is 6.92 Å². The van der Waals surface area contributed by atoms with Crippen LogP contribution in [-0.2, 0) is 6.42 Å². The van der Waals surface area contributed by atoms with Crippen LogP contribution in [0.1, 0.15) is 16.1 Å². The molecule has 2 N–H and O–H groups in total. The van der Waals surface area contributed by atoms with Gasteiger partial charge in [0.05, 0.1) is 5.69 Å². The summed E-state index contributed by atoms with van der Waals surface area (Å²) < 4.78 is 0. The van der Waals surface area contributed by atoms with Crippen molar-refractivity contribution in [3.05, 3.63) is 44.4 Å². The van der Waals surface area contributed by atoms with Crippen molar-refractivity contribution in [2.45, 2.75) is 13.3 Å². The van der Waals surface area contributed by atoms with Crippen molar-refractivity contribution in [1.29, 1.82) is 0 Å². The van der Waals surface area contributed by atoms with Gasteiger partial charge in [-0.05, 0) is 30.7 Å². The number of hydrogen-bond acceptors (Lipinski definition) is 3. The summed E-state index contributed by atoms with van der Waals surface area (Å²) in [6.07, 6.45) is 0.765. The first-order chi connectivity index (χ1) is 7.54. The van der Waals surface area contributed by atoms with E-state index >= 15 is 0 Å². The fourth-order valence-electron chi connectivity index (χ4n) is 1.51. The summed E-state index contributed by atoms with van der Waals surface area (Å²) in [7, 11) is 0. The number of rotatable bonds is 2. The number of thiazole rings is 1. The Balaban J connectivity index is 2.30. The molecule has 0 aliphatic rings. The van der Waals surface area contributed by atoms with Gasteiger partial charge in [-0.3, -0.25) is 0 Å². The molecule has 16 heavy (non-hydrogen) atoms. The van der Waals surface area contributed by atoms with E-state index in [0.717, 1.165) is 22.6 Å². The van der Waals surface area contributed by atoms with Crippen LogP contribution in [-0.4, -0.2) is 4.98 Å². The van der Waals surface area contributed by atoms with Crippen LogP contribution in [0.15, 0.2) is 18.2 Å². The second-order valence-electron chi connectivity index (χ2n) is 3.52. The molecule has 1 aromatic carbocycles. The molecule has 0 atom stereocenters. The first-order valence-corrected chi connectivity index (χ1v) is 6.28. The van der Waals surface area contributed by atoms with Crippen LogP contribution in [0.25, 0.3) is 0 Å². The molecule has 0 saturated heterocycles. The number of nitrogens with two attached hydrogens (primary N) is 1. The number of aromatic nitrogens is 1. The summed E-state index contributed by atoms with van der Waals surface area (Å²) >= 11 is 13.4. The largest absolute Gasteiger partial charge is 0.375 e. The van der Waals surface area contributed by atoms with Gasteiger partial charge in [-0.15, -0.1) is 11.3 Å². The zero-order valence-corrected chi connectivity index (χ0v) is 11.0. The molecular weight excluding hydrogens is 263 g/mol. The lowest BCUT2D eigenvalue weighted by Gasteiger charge is -2.01. The molecule has 2 rings (SSSR count). The molecule has 0 bridgehead atoms. The summed E-state index contributed by atoms with van der Waals surface area (Å²) in [5.41, 5.74) is 7.69. The highest BCUT2D eigenvalue weighted by Crippen LogP contribution is 2.26. The van der Waals surface area contributed by atoms with E-state index in [2.05, 4.69) is 4.98 Å². The third-order valence-electron chi connectivity index (χ3n) is 2.20. The van der Waals surface area contributed by atoms with Crippen molar-refractivity contribution >= 4 is 39.7 Å². The SMILES string of the molecule is Cc1nc(N)sc1Cc1cc(Cl)cc(Cl)c1. The summed E-state index contributed by atoms with van der Waals surface area (Å²) in [6, 6.07) is 5.53. The fraction of sp³-hybridized carbons (Fsp3) is 0.182. The Bertz CT molecular complexity index is 502. The first-order valence-electron chi connectivity index (χ1n) is 4.71. The molecule has 1 aromatic heterocycles. The number of nitrogens with zero attached hydrogens (tertiary/aromatic N) is 1. The number of benzene rings is 1. The molecule has 0 aliphatic heterocycles. The molecule has 0 saturated carbocycles. The number of aryl methyl sites for hydroxylation is 1. The molecule has 1 heterocycles. The van der Waals surface area contributed by atoms with Gasteiger partial charge in [-0.2, -0.15) is 0 Å². The van der Waals surface area contributed by atoms with Crippen LogP contribution in [0.3, 0.4) is 0 Å². The summed E-state index contributed by atoms with van der Waals surface area (Å²) in [5.74, 6) is 0. The molecule has 0 radical (unpaired) electrons. The maximum atomic E-state index is 5.94. The predicted molar refractivity (Wildman–Crippen MR) is 70.5 cm³/mol. The van der Waals surface area contributed by atoms with Gasteiger partial charge in [-0.25, -0.2) is 4.98 Å². The van der Waals surface area contributed by atoms with Crippen molar-refractivity contribution in [3.63, 3.8) is 0 Å². The van der Waals surface area contributed by atoms with E-state index in [1.54, 1.807) is 6.07 Å². The number of anilines is 1. The number of hydrogen-bond donors (Lipinski definition) is 1. The van der Waals surface area contributed by atoms with Gasteiger partial charge in [0.1, 0.15) is 0 Å². The average Bonchev–Trinajstić information content (AvgIpc) is 2.43. The van der Waals surface area contributed by atoms with Gasteiger partial charge in [-0.1, -0.05) is 23.2 Å². The van der Waals surface area contributed by atoms with Crippen molar-refractivity contribution in [3.8, 4) is 0 Å². The minimum Gasteiger partial charge on any atom is -0.375 e. The predicted octanol–water partition coefficient (Wildman–Crippen LogP) is 3.93. The lowest BCUT2D eigenvalue weighted by atomic mass is 10.1. The van der Waals surface area contributed by atoms with Crippen molar-refractivity contribution in [1.82, 2.24) is 4.98 Å². The van der Waals surface area contributed by atoms with Gasteiger partial charge in [0.2, 0.25) is 0 Å². The van der Waals surface area contributed by atoms with E-state index in [9.17, 15) is 0 Å². The molecular formula is C11H10Cl2N2S. The molecule has 84 valence electrons. The Kier molecular flexibility index (Phi) is 3.38. The van der Waals surface area contributed by atoms with E-state index in [1.807, 2.05) is 19.1 Å². The zero-order valence-electron chi connectivity index (χ0n) is 8.63. The van der Waals surface area contributed by atoms with Crippen LogP contribution in [0.2, 0.25) is 10.0 Å². The maximum absolute atomic E-state index is 5.94. The number of nitrogen functional groups attached to an aromatic ring is 1. The standard InChI is InChI=1S/C11H10Cl2N2S/c1-6-10(16-11(14)15-6)4-7-2-8(12)5-9(13)3-7/h2-3,5H,4H2,1H3,(H2,14,15). The highest BCUT2D eigenvalue weighted by Gasteiger charge is 2.07. The van der Waals surface area contributed by atoms with Crippen LogP contribution < -0.4 is 5.73 Å². The summed E-state index contributed by atoms with van der Waals surface area (Å²) in [6.45, 7) is 1.95. The van der Waals surface area contributed by atoms with Crippen LogP contribution in [0.4, 0.5) is 5.13 Å². The lowest BCUT2D eigenvalue weighted by Crippen LogP contribution is -1.88. The zero-order chi connectivity index (χ0) is 11.7. The Labute approximate surface area is 108 Å². The number of halogens is 2. The third-order valence-corrected chi connectivity index (χ3v) is 3.62. The van der Waals surface area contributed by atoms with Crippen LogP contribution >= 0.6 is 34.5 Å². The van der Waals surface area contributed by atoms with E-state index in [0.29, 0.717) is 15.2 Å². The van der Waals surface area contributed by atoms with Crippen LogP contribution in [0.5, 0.6) is 0 Å². The van der Waals surface area contributed by atoms with E-state index in [-0.39, 0.29) is 0 Å². The molecule has 0 unspecified atom stereocenters. The molecule has 0 spiro atoms. The summed E-state index contributed by atoms with van der Waals surface area (Å²) in [5, 5.41) is 1.90. The van der Waals surface area contributed by atoms with E-state index in [4.69, 9.17) is 28.9 Å². The second-order valence-corrected chi connectivity index (χ2v) is 5.50. The second kappa shape index (κ2) is 4.62. The fourth-order valence-corrected chi connectivity index (χ4v) is 2.95. The van der Waals surface area contributed by atoms with Gasteiger partial charge in [0.15, 0.2) is 5.13 Å². The van der Waals surface area contributed by atoms with Gasteiger partial charge < -0.3 is 5.73 Å². The molecule has 0 fully saturated rings. The molecule has 5 heteroatoms. The normalized spacial score (nSPS) is 10.7. The monoisotopic (exact) mass is 272 g/mol. The highest BCUT2D eigenvalue weighted by atomic mass is 35.5. The lowest BCUT2D eigenvalue weighted by molar-refractivity contribution is 1.15. The topological polar surface area (TPSA) is 38.9 Å². The van der Waals surface area contributed by atoms with Crippen molar-refractivity contribution < 1.29 is 0 Å². The van der Waals surface area contributed by atoms with Crippen molar-refractivity contribution in [2.24, 2.45) is 0 Å². The third kappa shape index (κ3) is 2.67. The van der Waals surface area contributed by atoms with Gasteiger partial charge >= 0.3 is 0 Å². The van der Waals surface area contributed by atoms with E-state index in [1.165, 1.54) is 11.3 Å². The molecule has 2 aromatic rings. The Morgan fingerprint density at radius 2 is 1.88 bits per heavy atom. The van der Waals surface area contributed by atoms with Gasteiger partial charge in [0.25, 0.3) is 0 Å². The van der Waals surface area contributed by atoms with Gasteiger partial charge in [0, 0.05) is 21.3 Å². The Morgan fingerprint density at radius 3 is 2.38 bits per heavy atom. The Hall–Kier alpha value is -0.770. The molecule has 0 aliphatic carbocycles. The quantitative estimate of drug-likeness (QED) is 0.900. The van der Waals surface area contributed by atoms with Crippen molar-refractivity contribution in [2.75, 3.05) is 5.73 Å². The average molecular weight is 273 g/mol. The van der Waals surface area contributed by atoms with E-state index < -0.39 is 0 Å². The highest BCUT2D eigenvalue weighted by molar-refractivity contribution is 7.15. The first kappa shape index (κ1) is 11.7. The smallest absolute Gasteiger partial charge is 0.180 e. The summed E-state index contributed by atoms with van der Waals surface area (Å²) in [4.78, 5) is 5.33. The molecule has 2 nitrogen and oxygen atoms in total. The molecule has 0 amide bonds. The minimum atomic E-state index is 0.598.